The van der Waals surface area contributed by atoms with E-state index in [4.69, 9.17) is 9.57 Å². The predicted molar refractivity (Wildman–Crippen MR) is 147 cm³/mol. The number of rotatable bonds is 11. The molecule has 0 aliphatic rings. The fourth-order valence-electron chi connectivity index (χ4n) is 3.86. The molecule has 0 saturated heterocycles. The molecule has 0 radical (unpaired) electrons. The van der Waals surface area contributed by atoms with Crippen molar-refractivity contribution in [2.24, 2.45) is 11.1 Å². The van der Waals surface area contributed by atoms with Gasteiger partial charge >= 0.3 is 12.1 Å². The van der Waals surface area contributed by atoms with E-state index in [2.05, 4.69) is 10.1 Å². The van der Waals surface area contributed by atoms with Gasteiger partial charge in [0.25, 0.3) is 0 Å². The van der Waals surface area contributed by atoms with Gasteiger partial charge in [0.2, 0.25) is 0 Å². The lowest BCUT2D eigenvalue weighted by Crippen LogP contribution is -2.24. The summed E-state index contributed by atoms with van der Waals surface area (Å²) in [6, 6.07) is 17.6. The zero-order valence-electron chi connectivity index (χ0n) is 22.1. The number of aromatic nitrogens is 1. The fraction of sp³-hybridized carbons (Fsp3) is 0.233. The number of hydrogen-bond donors (Lipinski definition) is 1. The lowest BCUT2D eigenvalue weighted by atomic mass is 9.95. The summed E-state index contributed by atoms with van der Waals surface area (Å²) in [5.41, 5.74) is 2.31. The van der Waals surface area contributed by atoms with Gasteiger partial charge < -0.3 is 14.7 Å². The normalized spacial score (nSPS) is 12.7. The van der Waals surface area contributed by atoms with Crippen LogP contribution in [0.1, 0.15) is 34.2 Å². The first kappa shape index (κ1) is 29.7. The Balaban J connectivity index is 1.33. The lowest BCUT2D eigenvalue weighted by Gasteiger charge is -2.13. The van der Waals surface area contributed by atoms with Crippen molar-refractivity contribution in [3.63, 3.8) is 0 Å². The van der Waals surface area contributed by atoms with Crippen LogP contribution in [0.3, 0.4) is 0 Å². The largest absolute Gasteiger partial charge is 0.487 e. The molecule has 4 rings (SSSR count). The second-order valence-corrected chi connectivity index (χ2v) is 10.5. The quantitative estimate of drug-likeness (QED) is 0.111. The van der Waals surface area contributed by atoms with Crippen LogP contribution in [0.5, 0.6) is 5.75 Å². The van der Waals surface area contributed by atoms with Crippen molar-refractivity contribution in [1.29, 1.82) is 0 Å². The molecule has 0 aliphatic carbocycles. The molecule has 0 fully saturated rings. The number of nitrogens with zero attached hydrogens (tertiary/aromatic N) is 2. The van der Waals surface area contributed by atoms with E-state index in [1.807, 2.05) is 6.92 Å². The molecular formula is C30H26F4N2O4S. The number of aliphatic carboxylic acids is 1. The zero-order valence-corrected chi connectivity index (χ0v) is 22.9. The molecule has 41 heavy (non-hydrogen) atoms. The summed E-state index contributed by atoms with van der Waals surface area (Å²) in [5, 5.41) is 14.3. The third-order valence-electron chi connectivity index (χ3n) is 6.25. The van der Waals surface area contributed by atoms with Crippen LogP contribution in [0.25, 0.3) is 10.6 Å². The van der Waals surface area contributed by atoms with Crippen LogP contribution in [-0.2, 0) is 35.4 Å². The van der Waals surface area contributed by atoms with Gasteiger partial charge in [0.15, 0.2) is 0 Å². The Bertz CT molecular complexity index is 1500. The molecule has 1 atom stereocenters. The molecule has 1 N–H and O–H groups in total. The van der Waals surface area contributed by atoms with Crippen molar-refractivity contribution < 1.29 is 37.0 Å². The Labute approximate surface area is 237 Å². The van der Waals surface area contributed by atoms with Crippen molar-refractivity contribution in [2.45, 2.75) is 39.7 Å². The maximum absolute atomic E-state index is 13.0. The third-order valence-corrected chi connectivity index (χ3v) is 7.31. The molecule has 1 unspecified atom stereocenters. The maximum Gasteiger partial charge on any atom is 0.416 e. The number of oxime groups is 1. The van der Waals surface area contributed by atoms with Gasteiger partial charge in [-0.15, -0.1) is 11.3 Å². The number of ether oxygens (including phenoxy) is 1. The summed E-state index contributed by atoms with van der Waals surface area (Å²) in [6.07, 6.45) is -4.21. The molecule has 4 aromatic rings. The number of thiazole rings is 1. The van der Waals surface area contributed by atoms with Gasteiger partial charge in [-0.3, -0.25) is 4.79 Å². The second-order valence-electron chi connectivity index (χ2n) is 9.26. The van der Waals surface area contributed by atoms with Gasteiger partial charge in [-0.1, -0.05) is 41.6 Å². The summed E-state index contributed by atoms with van der Waals surface area (Å²) in [6.45, 7) is 3.69. The van der Waals surface area contributed by atoms with E-state index < -0.39 is 23.6 Å². The Morgan fingerprint density at radius 3 is 2.22 bits per heavy atom. The molecule has 6 nitrogen and oxygen atoms in total. The van der Waals surface area contributed by atoms with Crippen molar-refractivity contribution in [3.05, 3.63) is 106 Å². The van der Waals surface area contributed by atoms with Crippen molar-refractivity contribution >= 4 is 23.0 Å². The van der Waals surface area contributed by atoms with E-state index in [-0.39, 0.29) is 25.5 Å². The Hall–Kier alpha value is -4.25. The molecule has 0 aliphatic heterocycles. The molecule has 0 bridgehead atoms. The number of carboxylic acid groups (broad SMARTS) is 1. The average Bonchev–Trinajstić information content (AvgIpc) is 3.32. The maximum atomic E-state index is 13.0. The van der Waals surface area contributed by atoms with Crippen LogP contribution < -0.4 is 4.74 Å². The lowest BCUT2D eigenvalue weighted by molar-refractivity contribution is -0.139. The highest BCUT2D eigenvalue weighted by atomic mass is 32.1. The Morgan fingerprint density at radius 2 is 1.61 bits per heavy atom. The fourth-order valence-corrected chi connectivity index (χ4v) is 4.79. The van der Waals surface area contributed by atoms with E-state index in [1.165, 1.54) is 35.6 Å². The highest BCUT2D eigenvalue weighted by Crippen LogP contribution is 2.33. The molecule has 1 heterocycles. The summed E-state index contributed by atoms with van der Waals surface area (Å²) in [7, 11) is 0. The molecule has 0 saturated carbocycles. The smallest absolute Gasteiger partial charge is 0.416 e. The number of alkyl halides is 3. The number of hydrogen-bond acceptors (Lipinski definition) is 6. The first-order valence-electron chi connectivity index (χ1n) is 12.5. The zero-order chi connectivity index (χ0) is 29.6. The van der Waals surface area contributed by atoms with E-state index in [0.29, 0.717) is 33.3 Å². The topological polar surface area (TPSA) is 81.0 Å². The minimum atomic E-state index is -4.40. The van der Waals surface area contributed by atoms with Gasteiger partial charge in [-0.25, -0.2) is 9.37 Å². The Morgan fingerprint density at radius 1 is 0.976 bits per heavy atom. The van der Waals surface area contributed by atoms with E-state index in [1.54, 1.807) is 43.3 Å². The van der Waals surface area contributed by atoms with Crippen LogP contribution >= 0.6 is 11.3 Å². The number of aryl methyl sites for hydroxylation is 1. The SMILES string of the molecule is CC(=NOCc1ccc(F)cc1)C(Cc1ccc(OCc2nc(-c3ccc(C(F)(F)F)cc3)sc2C)cc1)C(=O)O. The van der Waals surface area contributed by atoms with Gasteiger partial charge in [0.1, 0.15) is 35.7 Å². The van der Waals surface area contributed by atoms with Gasteiger partial charge in [0, 0.05) is 10.4 Å². The van der Waals surface area contributed by atoms with E-state index in [9.17, 15) is 27.5 Å². The van der Waals surface area contributed by atoms with Gasteiger partial charge in [-0.05, 0) is 67.8 Å². The minimum Gasteiger partial charge on any atom is -0.487 e. The summed E-state index contributed by atoms with van der Waals surface area (Å²) in [5.74, 6) is -1.76. The predicted octanol–water partition coefficient (Wildman–Crippen LogP) is 7.69. The summed E-state index contributed by atoms with van der Waals surface area (Å²) >= 11 is 1.37. The summed E-state index contributed by atoms with van der Waals surface area (Å²) in [4.78, 5) is 22.6. The Kier molecular flexibility index (Phi) is 9.38. The number of carbonyl (C=O) groups is 1. The molecule has 0 amide bonds. The van der Waals surface area contributed by atoms with Gasteiger partial charge in [-0.2, -0.15) is 13.2 Å². The monoisotopic (exact) mass is 586 g/mol. The highest BCUT2D eigenvalue weighted by Gasteiger charge is 2.30. The van der Waals surface area contributed by atoms with Crippen LogP contribution in [0.2, 0.25) is 0 Å². The highest BCUT2D eigenvalue weighted by molar-refractivity contribution is 7.15. The minimum absolute atomic E-state index is 0.0836. The first-order chi connectivity index (χ1) is 19.5. The van der Waals surface area contributed by atoms with Crippen LogP contribution in [0.15, 0.2) is 78.0 Å². The second kappa shape index (κ2) is 12.9. The molecule has 11 heteroatoms. The molecular weight excluding hydrogens is 560 g/mol. The molecule has 0 spiro atoms. The summed E-state index contributed by atoms with van der Waals surface area (Å²) < 4.78 is 57.4. The molecule has 1 aromatic heterocycles. The van der Waals surface area contributed by atoms with Crippen LogP contribution in [-0.4, -0.2) is 21.8 Å². The van der Waals surface area contributed by atoms with Crippen molar-refractivity contribution in [2.75, 3.05) is 0 Å². The number of benzene rings is 3. The van der Waals surface area contributed by atoms with E-state index >= 15 is 0 Å². The standard InChI is InChI=1S/C30H26F4N2O4S/c1-18(36-40-16-21-3-11-24(31)12-4-21)26(29(37)38)15-20-5-13-25(14-6-20)39-17-27-19(2)41-28(35-27)22-7-9-23(10-8-22)30(32,33)34/h3-14,26H,15-17H2,1-2H3,(H,37,38). The molecule has 214 valence electrons. The number of carboxylic acids is 1. The van der Waals surface area contributed by atoms with Crippen LogP contribution in [0.4, 0.5) is 17.6 Å². The van der Waals surface area contributed by atoms with Crippen LogP contribution in [0, 0.1) is 18.7 Å². The van der Waals surface area contributed by atoms with E-state index in [0.717, 1.165) is 22.6 Å². The van der Waals surface area contributed by atoms with Gasteiger partial charge in [0.05, 0.1) is 17.0 Å². The van der Waals surface area contributed by atoms with Crippen molar-refractivity contribution in [3.8, 4) is 16.3 Å². The number of halogens is 4. The first-order valence-corrected chi connectivity index (χ1v) is 13.3. The third kappa shape index (κ3) is 8.14. The molecule has 3 aromatic carbocycles. The average molecular weight is 587 g/mol. The van der Waals surface area contributed by atoms with Crippen molar-refractivity contribution in [1.82, 2.24) is 4.98 Å².